The highest BCUT2D eigenvalue weighted by Crippen LogP contribution is 2.05. The molecular weight excluding hydrogens is 130 g/mol. The molecule has 0 aliphatic heterocycles. The number of hydrogen-bond donors (Lipinski definition) is 1. The fourth-order valence-electron chi connectivity index (χ4n) is 0.294. The van der Waals surface area contributed by atoms with Crippen molar-refractivity contribution >= 4 is 0 Å². The summed E-state index contributed by atoms with van der Waals surface area (Å²) < 4.78 is 0. The van der Waals surface area contributed by atoms with Gasteiger partial charge in [-0.15, -0.1) is 0 Å². The maximum Gasteiger partial charge on any atom is 0.161 e. The monoisotopic (exact) mass is 141 g/mol. The van der Waals surface area contributed by atoms with E-state index in [9.17, 15) is 0 Å². The second-order valence-corrected chi connectivity index (χ2v) is 2.36. The zero-order valence-electron chi connectivity index (χ0n) is 6.20. The summed E-state index contributed by atoms with van der Waals surface area (Å²) in [6, 6.07) is 1.96. The number of rotatable bonds is 3. The number of nitriles is 1. The highest BCUT2D eigenvalue weighted by atomic mass is 16.3. The van der Waals surface area contributed by atoms with E-state index in [0.717, 1.165) is 0 Å². The van der Waals surface area contributed by atoms with Gasteiger partial charge in [0.1, 0.15) is 0 Å². The Kier molecular flexibility index (Phi) is 3.59. The van der Waals surface area contributed by atoms with Gasteiger partial charge >= 0.3 is 0 Å². The minimum atomic E-state index is -0.755. The molecule has 0 aliphatic rings. The largest absolute Gasteiger partial charge is 0.394 e. The smallest absolute Gasteiger partial charge is 0.161 e. The third-order valence-electron chi connectivity index (χ3n) is 0.794. The van der Waals surface area contributed by atoms with Gasteiger partial charge in [-0.3, -0.25) is 0 Å². The van der Waals surface area contributed by atoms with Crippen LogP contribution < -0.4 is 0 Å². The van der Waals surface area contributed by atoms with E-state index in [2.05, 4.69) is 10.2 Å². The van der Waals surface area contributed by atoms with E-state index in [1.165, 1.54) is 0 Å². The molecule has 0 aromatic heterocycles. The van der Waals surface area contributed by atoms with Crippen LogP contribution in [0.25, 0.3) is 0 Å². The number of azo groups is 1. The van der Waals surface area contributed by atoms with Crippen LogP contribution in [0.2, 0.25) is 0 Å². The molecule has 4 nitrogen and oxygen atoms in total. The van der Waals surface area contributed by atoms with E-state index in [0.29, 0.717) is 0 Å². The highest BCUT2D eigenvalue weighted by Gasteiger charge is 2.13. The van der Waals surface area contributed by atoms with Gasteiger partial charge < -0.3 is 5.11 Å². The topological polar surface area (TPSA) is 68.7 Å². The second-order valence-electron chi connectivity index (χ2n) is 2.36. The maximum atomic E-state index is 8.43. The second kappa shape index (κ2) is 3.96. The SMILES string of the molecule is CC(C)(C#N)N=NCCO. The molecule has 56 valence electrons. The third kappa shape index (κ3) is 3.98. The third-order valence-corrected chi connectivity index (χ3v) is 0.794. The van der Waals surface area contributed by atoms with Crippen LogP contribution in [0.15, 0.2) is 10.2 Å². The number of aliphatic hydroxyl groups is 1. The Morgan fingerprint density at radius 3 is 2.60 bits per heavy atom. The fourth-order valence-corrected chi connectivity index (χ4v) is 0.294. The molecule has 0 spiro atoms. The normalized spacial score (nSPS) is 11.8. The van der Waals surface area contributed by atoms with Crippen molar-refractivity contribution in [2.45, 2.75) is 19.4 Å². The summed E-state index contributed by atoms with van der Waals surface area (Å²) in [5.74, 6) is 0. The Balaban J connectivity index is 3.78. The Bertz CT molecular complexity index is 157. The van der Waals surface area contributed by atoms with Crippen LogP contribution in [-0.2, 0) is 0 Å². The zero-order chi connectivity index (χ0) is 8.04. The average molecular weight is 141 g/mol. The van der Waals surface area contributed by atoms with Gasteiger partial charge in [-0.2, -0.15) is 15.5 Å². The Morgan fingerprint density at radius 1 is 1.60 bits per heavy atom. The Labute approximate surface area is 60.2 Å². The van der Waals surface area contributed by atoms with E-state index in [-0.39, 0.29) is 13.2 Å². The number of hydrogen-bond acceptors (Lipinski definition) is 4. The lowest BCUT2D eigenvalue weighted by Crippen LogP contribution is -2.11. The van der Waals surface area contributed by atoms with Gasteiger partial charge in [0.2, 0.25) is 0 Å². The van der Waals surface area contributed by atoms with Gasteiger partial charge in [0.15, 0.2) is 5.54 Å². The van der Waals surface area contributed by atoms with Crippen LogP contribution in [-0.4, -0.2) is 23.8 Å². The molecule has 1 N–H and O–H groups in total. The molecule has 0 amide bonds. The van der Waals surface area contributed by atoms with Crippen LogP contribution in [0.1, 0.15) is 13.8 Å². The zero-order valence-corrected chi connectivity index (χ0v) is 6.20. The first-order valence-corrected chi connectivity index (χ1v) is 3.03. The summed E-state index contributed by atoms with van der Waals surface area (Å²) in [4.78, 5) is 0. The standard InChI is InChI=1S/C6H11N3O/c1-6(2,5-7)9-8-3-4-10/h10H,3-4H2,1-2H3. The summed E-state index contributed by atoms with van der Waals surface area (Å²) in [5.41, 5.74) is -0.755. The maximum absolute atomic E-state index is 8.43. The molecule has 0 saturated heterocycles. The van der Waals surface area contributed by atoms with Gasteiger partial charge in [0.05, 0.1) is 19.2 Å². The Morgan fingerprint density at radius 2 is 2.20 bits per heavy atom. The van der Waals surface area contributed by atoms with Crippen LogP contribution in [0, 0.1) is 11.3 Å². The number of aliphatic hydroxyl groups excluding tert-OH is 1. The lowest BCUT2D eigenvalue weighted by atomic mass is 10.1. The quantitative estimate of drug-likeness (QED) is 0.589. The first-order valence-electron chi connectivity index (χ1n) is 3.03. The summed E-state index contributed by atoms with van der Waals surface area (Å²) in [6.07, 6.45) is 0. The first kappa shape index (κ1) is 9.05. The van der Waals surface area contributed by atoms with Crippen LogP contribution in [0.4, 0.5) is 0 Å². The molecular formula is C6H11N3O. The molecule has 0 bridgehead atoms. The summed E-state index contributed by atoms with van der Waals surface area (Å²) >= 11 is 0. The van der Waals surface area contributed by atoms with Crippen molar-refractivity contribution in [1.29, 1.82) is 5.26 Å². The minimum Gasteiger partial charge on any atom is -0.394 e. The lowest BCUT2D eigenvalue weighted by Gasteiger charge is -2.04. The molecule has 0 atom stereocenters. The van der Waals surface area contributed by atoms with E-state index in [1.54, 1.807) is 13.8 Å². The fraction of sp³-hybridized carbons (Fsp3) is 0.833. The highest BCUT2D eigenvalue weighted by molar-refractivity contribution is 4.98. The van der Waals surface area contributed by atoms with Crippen LogP contribution in [0.3, 0.4) is 0 Å². The average Bonchev–Trinajstić information content (AvgIpc) is 1.89. The molecule has 0 radical (unpaired) electrons. The van der Waals surface area contributed by atoms with Gasteiger partial charge in [0.25, 0.3) is 0 Å². The van der Waals surface area contributed by atoms with Crippen molar-refractivity contribution < 1.29 is 5.11 Å². The van der Waals surface area contributed by atoms with Crippen LogP contribution >= 0.6 is 0 Å². The molecule has 0 aliphatic carbocycles. The van der Waals surface area contributed by atoms with Crippen molar-refractivity contribution in [3.05, 3.63) is 0 Å². The molecule has 0 aromatic rings. The molecule has 0 saturated carbocycles. The molecule has 0 heterocycles. The lowest BCUT2D eigenvalue weighted by molar-refractivity contribution is 0.303. The van der Waals surface area contributed by atoms with Gasteiger partial charge in [-0.05, 0) is 13.8 Å². The van der Waals surface area contributed by atoms with E-state index in [1.807, 2.05) is 6.07 Å². The van der Waals surface area contributed by atoms with Crippen molar-refractivity contribution in [3.63, 3.8) is 0 Å². The molecule has 0 unspecified atom stereocenters. The summed E-state index contributed by atoms with van der Waals surface area (Å²) in [5, 5.41) is 24.0. The molecule has 0 aromatic carbocycles. The minimum absolute atomic E-state index is 0.0228. The predicted molar refractivity (Wildman–Crippen MR) is 36.5 cm³/mol. The van der Waals surface area contributed by atoms with Gasteiger partial charge in [-0.25, -0.2) is 0 Å². The molecule has 10 heavy (non-hydrogen) atoms. The van der Waals surface area contributed by atoms with Crippen molar-refractivity contribution in [3.8, 4) is 6.07 Å². The van der Waals surface area contributed by atoms with Crippen LogP contribution in [0.5, 0.6) is 0 Å². The summed E-state index contributed by atoms with van der Waals surface area (Å²) in [7, 11) is 0. The molecule has 4 heteroatoms. The van der Waals surface area contributed by atoms with Crippen molar-refractivity contribution in [2.24, 2.45) is 10.2 Å². The first-order chi connectivity index (χ1) is 4.62. The van der Waals surface area contributed by atoms with Gasteiger partial charge in [-0.1, -0.05) is 0 Å². The van der Waals surface area contributed by atoms with E-state index < -0.39 is 5.54 Å². The van der Waals surface area contributed by atoms with Gasteiger partial charge in [0, 0.05) is 0 Å². The van der Waals surface area contributed by atoms with Crippen molar-refractivity contribution in [2.75, 3.05) is 13.2 Å². The van der Waals surface area contributed by atoms with E-state index in [4.69, 9.17) is 10.4 Å². The Hall–Kier alpha value is -0.950. The van der Waals surface area contributed by atoms with Crippen molar-refractivity contribution in [1.82, 2.24) is 0 Å². The molecule has 0 rings (SSSR count). The predicted octanol–water partition coefficient (Wildman–Crippen LogP) is 0.733. The summed E-state index contributed by atoms with van der Waals surface area (Å²) in [6.45, 7) is 3.57. The number of nitrogens with zero attached hydrogens (tertiary/aromatic N) is 3. The van der Waals surface area contributed by atoms with E-state index >= 15 is 0 Å². The molecule has 0 fully saturated rings.